The van der Waals surface area contributed by atoms with Crippen molar-refractivity contribution >= 4 is 41.7 Å². The summed E-state index contributed by atoms with van der Waals surface area (Å²) in [5.41, 5.74) is 0.910. The first-order valence-corrected chi connectivity index (χ1v) is 9.33. The fraction of sp³-hybridized carbons (Fsp3) is 0.350. The second kappa shape index (κ2) is 9.25. The highest BCUT2D eigenvalue weighted by atomic mass is 32.1. The third-order valence-corrected chi connectivity index (χ3v) is 4.74. The summed E-state index contributed by atoms with van der Waals surface area (Å²) < 4.78 is 6.94. The summed E-state index contributed by atoms with van der Waals surface area (Å²) in [5.74, 6) is 1.81. The summed E-state index contributed by atoms with van der Waals surface area (Å²) in [6.45, 7) is 3.41. The number of hydrogen-bond acceptors (Lipinski definition) is 7. The number of fused-ring (bicyclic) bond motifs is 1. The van der Waals surface area contributed by atoms with Crippen LogP contribution in [0.25, 0.3) is 10.8 Å². The Kier molecular flexibility index (Phi) is 6.73. The number of nitrogens with one attached hydrogen (secondary N) is 2. The minimum atomic E-state index is -0.180. The summed E-state index contributed by atoms with van der Waals surface area (Å²) in [7, 11) is 0. The Bertz CT molecular complexity index is 1050. The van der Waals surface area contributed by atoms with E-state index in [2.05, 4.69) is 20.6 Å². The fourth-order valence-corrected chi connectivity index (χ4v) is 3.33. The lowest BCUT2D eigenvalue weighted by atomic mass is 10.1. The third-order valence-electron chi connectivity index (χ3n) is 4.74. The monoisotopic (exact) mass is 415 g/mol. The molecular formula is C20H25N5O3S. The van der Waals surface area contributed by atoms with Gasteiger partial charge in [-0.05, 0) is 48.6 Å². The minimum Gasteiger partial charge on any atom is -0.395 e. The average Bonchev–Trinajstić information content (AvgIpc) is 3.17. The highest BCUT2D eigenvalue weighted by Crippen LogP contribution is 2.25. The molecular weight excluding hydrogens is 390 g/mol. The molecule has 1 saturated heterocycles. The lowest BCUT2D eigenvalue weighted by molar-refractivity contribution is 0.195. The van der Waals surface area contributed by atoms with Gasteiger partial charge >= 0.3 is 0 Å². The molecule has 9 heteroatoms. The summed E-state index contributed by atoms with van der Waals surface area (Å²) in [5, 5.41) is 17.1. The van der Waals surface area contributed by atoms with Gasteiger partial charge in [0.05, 0.1) is 24.6 Å². The summed E-state index contributed by atoms with van der Waals surface area (Å²) in [6, 6.07) is 7.66. The Hall–Kier alpha value is -2.62. The van der Waals surface area contributed by atoms with E-state index in [0.29, 0.717) is 36.1 Å². The Balaban J connectivity index is 0.00000240. The van der Waals surface area contributed by atoms with Crippen LogP contribution in [0.2, 0.25) is 0 Å². The van der Waals surface area contributed by atoms with E-state index >= 15 is 0 Å². The van der Waals surface area contributed by atoms with Crippen LogP contribution < -0.4 is 16.2 Å². The van der Waals surface area contributed by atoms with Crippen LogP contribution >= 0.6 is 13.5 Å². The molecule has 4 heterocycles. The first kappa shape index (κ1) is 21.1. The zero-order valence-corrected chi connectivity index (χ0v) is 17.2. The van der Waals surface area contributed by atoms with Gasteiger partial charge in [0.2, 0.25) is 0 Å². The van der Waals surface area contributed by atoms with Gasteiger partial charge in [-0.15, -0.1) is 0 Å². The molecule has 0 bridgehead atoms. The average molecular weight is 416 g/mol. The molecule has 0 amide bonds. The van der Waals surface area contributed by atoms with Crippen molar-refractivity contribution in [2.24, 2.45) is 0 Å². The zero-order chi connectivity index (χ0) is 19.5. The van der Waals surface area contributed by atoms with Crippen LogP contribution in [0.1, 0.15) is 12.0 Å². The molecule has 1 fully saturated rings. The predicted molar refractivity (Wildman–Crippen MR) is 119 cm³/mol. The van der Waals surface area contributed by atoms with Gasteiger partial charge in [0.15, 0.2) is 0 Å². The van der Waals surface area contributed by atoms with Crippen molar-refractivity contribution in [2.75, 3.05) is 30.5 Å². The normalized spacial score (nSPS) is 15.9. The zero-order valence-electron chi connectivity index (χ0n) is 16.2. The van der Waals surface area contributed by atoms with E-state index in [0.717, 1.165) is 17.4 Å². The quantitative estimate of drug-likeness (QED) is 0.567. The largest absolute Gasteiger partial charge is 0.395 e. The minimum absolute atomic E-state index is 0. The Morgan fingerprint density at radius 2 is 2.17 bits per heavy atom. The maximum absolute atomic E-state index is 12.9. The molecule has 1 aliphatic rings. The first-order chi connectivity index (χ1) is 13.6. The van der Waals surface area contributed by atoms with E-state index in [1.807, 2.05) is 31.2 Å². The molecule has 8 nitrogen and oxygen atoms in total. The number of hydrogen-bond donors (Lipinski definition) is 3. The first-order valence-electron chi connectivity index (χ1n) is 9.33. The number of pyridine rings is 3. The smallest absolute Gasteiger partial charge is 0.262 e. The highest BCUT2D eigenvalue weighted by Gasteiger charge is 2.19. The van der Waals surface area contributed by atoms with Crippen molar-refractivity contribution in [1.82, 2.24) is 14.5 Å². The van der Waals surface area contributed by atoms with Gasteiger partial charge in [0.1, 0.15) is 17.5 Å². The lowest BCUT2D eigenvalue weighted by Crippen LogP contribution is -2.25. The second-order valence-electron chi connectivity index (χ2n) is 6.91. The van der Waals surface area contributed by atoms with Gasteiger partial charge in [-0.3, -0.25) is 4.79 Å². The molecule has 0 aromatic carbocycles. The van der Waals surface area contributed by atoms with Crippen molar-refractivity contribution in [3.05, 3.63) is 52.6 Å². The molecule has 0 radical (unpaired) electrons. The van der Waals surface area contributed by atoms with Crippen molar-refractivity contribution in [3.8, 4) is 0 Å². The number of aliphatic hydroxyl groups excluding tert-OH is 1. The number of rotatable bonds is 6. The summed E-state index contributed by atoms with van der Waals surface area (Å²) in [4.78, 5) is 21.9. The van der Waals surface area contributed by atoms with Crippen LogP contribution in [0.15, 0.2) is 41.5 Å². The van der Waals surface area contributed by atoms with E-state index < -0.39 is 0 Å². The van der Waals surface area contributed by atoms with Gasteiger partial charge in [-0.25, -0.2) is 9.97 Å². The fourth-order valence-electron chi connectivity index (χ4n) is 3.33. The molecule has 0 spiro atoms. The molecule has 3 aromatic heterocycles. The third kappa shape index (κ3) is 4.69. The number of aromatic nitrogens is 3. The van der Waals surface area contributed by atoms with Crippen molar-refractivity contribution in [2.45, 2.75) is 25.9 Å². The number of aliphatic hydroxyl groups is 1. The van der Waals surface area contributed by atoms with E-state index in [-0.39, 0.29) is 38.2 Å². The molecule has 0 saturated carbocycles. The number of aryl methyl sites for hydroxylation is 1. The van der Waals surface area contributed by atoms with Gasteiger partial charge in [0, 0.05) is 25.5 Å². The van der Waals surface area contributed by atoms with Crippen molar-refractivity contribution in [3.63, 3.8) is 0 Å². The Morgan fingerprint density at radius 3 is 2.90 bits per heavy atom. The molecule has 0 unspecified atom stereocenters. The van der Waals surface area contributed by atoms with Gasteiger partial charge in [-0.2, -0.15) is 13.5 Å². The van der Waals surface area contributed by atoms with Crippen LogP contribution in [0.5, 0.6) is 0 Å². The van der Waals surface area contributed by atoms with Gasteiger partial charge in [0.25, 0.3) is 5.56 Å². The summed E-state index contributed by atoms with van der Waals surface area (Å²) in [6.07, 6.45) is 4.29. The van der Waals surface area contributed by atoms with Gasteiger partial charge in [-0.1, -0.05) is 0 Å². The Morgan fingerprint density at radius 1 is 1.31 bits per heavy atom. The molecule has 3 aromatic rings. The predicted octanol–water partition coefficient (Wildman–Crippen LogP) is 2.15. The van der Waals surface area contributed by atoms with Gasteiger partial charge < -0.3 is 25.0 Å². The SMILES string of the molecule is Cc1ccnc(Nc2cc3ccn(CCO)c(=O)c3c(N[C@H]3CCOC3)n2)c1.S. The van der Waals surface area contributed by atoms with E-state index in [9.17, 15) is 9.90 Å². The molecule has 3 N–H and O–H groups in total. The topological polar surface area (TPSA) is 101 Å². The molecule has 29 heavy (non-hydrogen) atoms. The van der Waals surface area contributed by atoms with Crippen molar-refractivity contribution < 1.29 is 9.84 Å². The van der Waals surface area contributed by atoms with E-state index in [4.69, 9.17) is 4.74 Å². The maximum Gasteiger partial charge on any atom is 0.262 e. The number of anilines is 3. The highest BCUT2D eigenvalue weighted by molar-refractivity contribution is 7.59. The Labute approximate surface area is 175 Å². The van der Waals surface area contributed by atoms with Crippen LogP contribution in [-0.4, -0.2) is 45.5 Å². The summed E-state index contributed by atoms with van der Waals surface area (Å²) >= 11 is 0. The standard InChI is InChI=1S/C20H23N5O3.H2S/c1-13-2-5-21-16(10-13)23-17-11-14-3-6-25(7-8-26)20(27)18(14)19(24-17)22-15-4-9-28-12-15;/h2-3,5-6,10-11,15,26H,4,7-9,12H2,1H3,(H2,21,22,23,24);1H2/t15-;/m0./s1. The maximum atomic E-state index is 12.9. The number of ether oxygens (including phenoxy) is 1. The van der Waals surface area contributed by atoms with E-state index in [1.54, 1.807) is 12.4 Å². The molecule has 0 aliphatic carbocycles. The molecule has 154 valence electrons. The second-order valence-corrected chi connectivity index (χ2v) is 6.91. The van der Waals surface area contributed by atoms with Crippen LogP contribution in [0.4, 0.5) is 17.5 Å². The van der Waals surface area contributed by atoms with Crippen LogP contribution in [0, 0.1) is 6.92 Å². The molecule has 4 rings (SSSR count). The van der Waals surface area contributed by atoms with Crippen molar-refractivity contribution in [1.29, 1.82) is 0 Å². The molecule has 1 atom stereocenters. The van der Waals surface area contributed by atoms with Crippen LogP contribution in [0.3, 0.4) is 0 Å². The number of nitrogens with zero attached hydrogens (tertiary/aromatic N) is 3. The van der Waals surface area contributed by atoms with E-state index in [1.165, 1.54) is 4.57 Å². The lowest BCUT2D eigenvalue weighted by Gasteiger charge is -2.16. The van der Waals surface area contributed by atoms with Crippen LogP contribution in [-0.2, 0) is 11.3 Å². The molecule has 1 aliphatic heterocycles.